The highest BCUT2D eigenvalue weighted by Crippen LogP contribution is 2.34. The molecule has 0 spiro atoms. The van der Waals surface area contributed by atoms with Crippen LogP contribution < -0.4 is 14.8 Å². The molecule has 0 saturated carbocycles. The SMILES string of the molecule is CNC(c1ccc(OC)c(OC)c1)C(C)(C)OC. The van der Waals surface area contributed by atoms with Crippen LogP contribution in [0.15, 0.2) is 18.2 Å². The summed E-state index contributed by atoms with van der Waals surface area (Å²) < 4.78 is 16.1. The van der Waals surface area contributed by atoms with E-state index in [1.165, 1.54) is 0 Å². The van der Waals surface area contributed by atoms with Crippen LogP contribution in [0.2, 0.25) is 0 Å². The Balaban J connectivity index is 3.15. The zero-order chi connectivity index (χ0) is 13.8. The molecule has 0 saturated heterocycles. The first kappa shape index (κ1) is 14.8. The second kappa shape index (κ2) is 6.07. The van der Waals surface area contributed by atoms with Crippen molar-refractivity contribution in [2.45, 2.75) is 25.5 Å². The molecule has 0 aliphatic heterocycles. The van der Waals surface area contributed by atoms with Gasteiger partial charge in [0.1, 0.15) is 0 Å². The number of rotatable bonds is 6. The highest BCUT2D eigenvalue weighted by atomic mass is 16.5. The van der Waals surface area contributed by atoms with Crippen molar-refractivity contribution >= 4 is 0 Å². The van der Waals surface area contributed by atoms with Crippen molar-refractivity contribution in [3.05, 3.63) is 23.8 Å². The van der Waals surface area contributed by atoms with Gasteiger partial charge in [-0.2, -0.15) is 0 Å². The largest absolute Gasteiger partial charge is 0.493 e. The minimum atomic E-state index is -0.311. The van der Waals surface area contributed by atoms with Crippen molar-refractivity contribution in [1.82, 2.24) is 5.32 Å². The van der Waals surface area contributed by atoms with Gasteiger partial charge in [0.05, 0.1) is 25.9 Å². The lowest BCUT2D eigenvalue weighted by molar-refractivity contribution is -0.00904. The van der Waals surface area contributed by atoms with E-state index in [2.05, 4.69) is 5.32 Å². The van der Waals surface area contributed by atoms with Crippen molar-refractivity contribution < 1.29 is 14.2 Å². The summed E-state index contributed by atoms with van der Waals surface area (Å²) in [6.45, 7) is 4.09. The Kier molecular flexibility index (Phi) is 4.99. The molecule has 1 atom stereocenters. The van der Waals surface area contributed by atoms with Gasteiger partial charge in [-0.05, 0) is 38.6 Å². The predicted octanol–water partition coefficient (Wildman–Crippen LogP) is 2.39. The summed E-state index contributed by atoms with van der Waals surface area (Å²) in [5.41, 5.74) is 0.788. The maximum absolute atomic E-state index is 5.54. The molecule has 0 fully saturated rings. The van der Waals surface area contributed by atoms with Gasteiger partial charge in [-0.1, -0.05) is 6.07 Å². The summed E-state index contributed by atoms with van der Waals surface area (Å²) in [5, 5.41) is 3.28. The summed E-state index contributed by atoms with van der Waals surface area (Å²) in [5.74, 6) is 1.45. The number of likely N-dealkylation sites (N-methyl/N-ethyl adjacent to an activating group) is 1. The van der Waals surface area contributed by atoms with Crippen molar-refractivity contribution in [1.29, 1.82) is 0 Å². The zero-order valence-electron chi connectivity index (χ0n) is 12.0. The minimum absolute atomic E-state index is 0.0716. The van der Waals surface area contributed by atoms with E-state index in [4.69, 9.17) is 14.2 Å². The van der Waals surface area contributed by atoms with E-state index in [0.717, 1.165) is 17.1 Å². The van der Waals surface area contributed by atoms with Crippen LogP contribution in [-0.4, -0.2) is 34.0 Å². The fourth-order valence-corrected chi connectivity index (χ4v) is 2.07. The van der Waals surface area contributed by atoms with Crippen LogP contribution in [0.5, 0.6) is 11.5 Å². The number of methoxy groups -OCH3 is 3. The third kappa shape index (κ3) is 2.94. The third-order valence-electron chi connectivity index (χ3n) is 3.25. The molecule has 102 valence electrons. The monoisotopic (exact) mass is 253 g/mol. The lowest BCUT2D eigenvalue weighted by Gasteiger charge is -2.33. The molecule has 0 amide bonds. The Labute approximate surface area is 109 Å². The quantitative estimate of drug-likeness (QED) is 0.845. The Bertz CT molecular complexity index is 391. The summed E-state index contributed by atoms with van der Waals surface area (Å²) in [6, 6.07) is 5.97. The highest BCUT2D eigenvalue weighted by molar-refractivity contribution is 5.44. The van der Waals surface area contributed by atoms with Crippen molar-refractivity contribution in [3.63, 3.8) is 0 Å². The normalized spacial score (nSPS) is 13.2. The van der Waals surface area contributed by atoms with E-state index in [1.807, 2.05) is 39.1 Å². The molecule has 1 rings (SSSR count). The fraction of sp³-hybridized carbons (Fsp3) is 0.571. The highest BCUT2D eigenvalue weighted by Gasteiger charge is 2.30. The molecule has 4 nitrogen and oxygen atoms in total. The van der Waals surface area contributed by atoms with E-state index in [1.54, 1.807) is 21.3 Å². The second-order valence-corrected chi connectivity index (χ2v) is 4.64. The molecule has 0 aliphatic rings. The molecular weight excluding hydrogens is 230 g/mol. The summed E-state index contributed by atoms with van der Waals surface area (Å²) >= 11 is 0. The van der Waals surface area contributed by atoms with Crippen LogP contribution in [-0.2, 0) is 4.74 Å². The van der Waals surface area contributed by atoms with Crippen LogP contribution in [0, 0.1) is 0 Å². The summed E-state index contributed by atoms with van der Waals surface area (Å²) in [4.78, 5) is 0. The maximum atomic E-state index is 5.54. The van der Waals surface area contributed by atoms with Crippen molar-refractivity contribution in [3.8, 4) is 11.5 Å². The number of ether oxygens (including phenoxy) is 3. The minimum Gasteiger partial charge on any atom is -0.493 e. The van der Waals surface area contributed by atoms with Crippen LogP contribution in [0.1, 0.15) is 25.5 Å². The zero-order valence-corrected chi connectivity index (χ0v) is 12.0. The molecule has 1 aromatic carbocycles. The van der Waals surface area contributed by atoms with E-state index in [9.17, 15) is 0 Å². The lowest BCUT2D eigenvalue weighted by Crippen LogP contribution is -2.39. The molecule has 1 N–H and O–H groups in total. The standard InChI is InChI=1S/C14H23NO3/c1-14(2,18-6)13(15-3)10-7-8-11(16-4)12(9-10)17-5/h7-9,13,15H,1-6H3. The van der Waals surface area contributed by atoms with Gasteiger partial charge in [0.2, 0.25) is 0 Å². The van der Waals surface area contributed by atoms with Gasteiger partial charge in [-0.15, -0.1) is 0 Å². The first-order valence-corrected chi connectivity index (χ1v) is 5.94. The van der Waals surface area contributed by atoms with Gasteiger partial charge in [-0.3, -0.25) is 0 Å². The molecule has 0 bridgehead atoms. The topological polar surface area (TPSA) is 39.7 Å². The molecule has 0 aliphatic carbocycles. The first-order chi connectivity index (χ1) is 8.50. The predicted molar refractivity (Wildman–Crippen MR) is 72.4 cm³/mol. The van der Waals surface area contributed by atoms with Gasteiger partial charge in [0, 0.05) is 7.11 Å². The van der Waals surface area contributed by atoms with Crippen molar-refractivity contribution in [2.24, 2.45) is 0 Å². The molecule has 1 aromatic rings. The first-order valence-electron chi connectivity index (χ1n) is 5.94. The Morgan fingerprint density at radius 3 is 2.11 bits per heavy atom. The molecule has 0 heterocycles. The van der Waals surface area contributed by atoms with Gasteiger partial charge < -0.3 is 19.5 Å². The third-order valence-corrected chi connectivity index (χ3v) is 3.25. The molecule has 4 heteroatoms. The molecule has 18 heavy (non-hydrogen) atoms. The average Bonchev–Trinajstić information content (AvgIpc) is 2.39. The Hall–Kier alpha value is -1.26. The van der Waals surface area contributed by atoms with Crippen LogP contribution in [0.3, 0.4) is 0 Å². The van der Waals surface area contributed by atoms with Gasteiger partial charge in [-0.25, -0.2) is 0 Å². The van der Waals surface area contributed by atoms with Crippen LogP contribution in [0.25, 0.3) is 0 Å². The smallest absolute Gasteiger partial charge is 0.161 e. The van der Waals surface area contributed by atoms with Gasteiger partial charge in [0.25, 0.3) is 0 Å². The van der Waals surface area contributed by atoms with Gasteiger partial charge >= 0.3 is 0 Å². The van der Waals surface area contributed by atoms with E-state index in [-0.39, 0.29) is 11.6 Å². The molecule has 0 radical (unpaired) electrons. The van der Waals surface area contributed by atoms with E-state index in [0.29, 0.717) is 0 Å². The average molecular weight is 253 g/mol. The van der Waals surface area contributed by atoms with Crippen LogP contribution in [0.4, 0.5) is 0 Å². The molecular formula is C14H23NO3. The van der Waals surface area contributed by atoms with E-state index >= 15 is 0 Å². The summed E-state index contributed by atoms with van der Waals surface area (Å²) in [7, 11) is 6.90. The Morgan fingerprint density at radius 2 is 1.67 bits per heavy atom. The number of hydrogen-bond donors (Lipinski definition) is 1. The lowest BCUT2D eigenvalue weighted by atomic mass is 9.91. The van der Waals surface area contributed by atoms with Crippen molar-refractivity contribution in [2.75, 3.05) is 28.4 Å². The number of nitrogens with one attached hydrogen (secondary N) is 1. The Morgan fingerprint density at radius 1 is 1.06 bits per heavy atom. The summed E-state index contributed by atoms with van der Waals surface area (Å²) in [6.07, 6.45) is 0. The maximum Gasteiger partial charge on any atom is 0.161 e. The fourth-order valence-electron chi connectivity index (χ4n) is 2.07. The second-order valence-electron chi connectivity index (χ2n) is 4.64. The molecule has 1 unspecified atom stereocenters. The molecule has 0 aromatic heterocycles. The number of hydrogen-bond acceptors (Lipinski definition) is 4. The van der Waals surface area contributed by atoms with Crippen LogP contribution >= 0.6 is 0 Å². The van der Waals surface area contributed by atoms with Gasteiger partial charge in [0.15, 0.2) is 11.5 Å². The number of benzene rings is 1. The van der Waals surface area contributed by atoms with E-state index < -0.39 is 0 Å².